The molecule has 0 aliphatic carbocycles. The van der Waals surface area contributed by atoms with Crippen molar-refractivity contribution in [2.45, 2.75) is 6.54 Å². The fourth-order valence-electron chi connectivity index (χ4n) is 1.97. The SMILES string of the molecule is c1cncc(-c2nccn2CC2CNC2)c1. The number of nitrogens with zero attached hydrogens (tertiary/aromatic N) is 3. The van der Waals surface area contributed by atoms with Gasteiger partial charge in [-0.1, -0.05) is 0 Å². The Bertz CT molecular complexity index is 459. The third-order valence-corrected chi connectivity index (χ3v) is 2.96. The maximum atomic E-state index is 4.40. The van der Waals surface area contributed by atoms with Gasteiger partial charge in [-0.25, -0.2) is 4.98 Å². The number of imidazole rings is 1. The summed E-state index contributed by atoms with van der Waals surface area (Å²) in [6.07, 6.45) is 7.54. The quantitative estimate of drug-likeness (QED) is 0.834. The zero-order chi connectivity index (χ0) is 10.8. The van der Waals surface area contributed by atoms with Gasteiger partial charge in [-0.15, -0.1) is 0 Å². The second-order valence-corrected chi connectivity index (χ2v) is 4.17. The van der Waals surface area contributed by atoms with Crippen molar-refractivity contribution in [2.75, 3.05) is 13.1 Å². The summed E-state index contributed by atoms with van der Waals surface area (Å²) in [6, 6.07) is 3.99. The summed E-state index contributed by atoms with van der Waals surface area (Å²) in [6.45, 7) is 3.27. The third-order valence-electron chi connectivity index (χ3n) is 2.96. The standard InChI is InChI=1S/C12H14N4/c1-2-11(8-13-3-1)12-15-4-5-16(12)9-10-6-14-7-10/h1-5,8,10,14H,6-7,9H2. The van der Waals surface area contributed by atoms with Crippen LogP contribution in [0, 0.1) is 5.92 Å². The van der Waals surface area contributed by atoms with E-state index in [-0.39, 0.29) is 0 Å². The number of hydrogen-bond donors (Lipinski definition) is 1. The van der Waals surface area contributed by atoms with E-state index in [4.69, 9.17) is 0 Å². The number of rotatable bonds is 3. The highest BCUT2D eigenvalue weighted by atomic mass is 15.1. The maximum absolute atomic E-state index is 4.40. The van der Waals surface area contributed by atoms with Crippen LogP contribution in [0.4, 0.5) is 0 Å². The van der Waals surface area contributed by atoms with Gasteiger partial charge >= 0.3 is 0 Å². The number of aromatic nitrogens is 3. The van der Waals surface area contributed by atoms with E-state index in [2.05, 4.69) is 19.9 Å². The smallest absolute Gasteiger partial charge is 0.141 e. The minimum atomic E-state index is 0.740. The molecule has 0 amide bonds. The topological polar surface area (TPSA) is 42.7 Å². The molecule has 82 valence electrons. The Hall–Kier alpha value is -1.68. The van der Waals surface area contributed by atoms with Crippen molar-refractivity contribution in [1.29, 1.82) is 0 Å². The first kappa shape index (κ1) is 9.54. The van der Waals surface area contributed by atoms with E-state index in [0.717, 1.165) is 36.9 Å². The van der Waals surface area contributed by atoms with Crippen molar-refractivity contribution in [3.8, 4) is 11.4 Å². The van der Waals surface area contributed by atoms with Crippen LogP contribution in [-0.4, -0.2) is 27.6 Å². The summed E-state index contributed by atoms with van der Waals surface area (Å²) < 4.78 is 2.21. The molecule has 1 aliphatic rings. The Morgan fingerprint density at radius 3 is 3.00 bits per heavy atom. The summed E-state index contributed by atoms with van der Waals surface area (Å²) in [5.41, 5.74) is 1.08. The monoisotopic (exact) mass is 214 g/mol. The molecule has 0 aromatic carbocycles. The molecule has 1 aliphatic heterocycles. The predicted octanol–water partition coefficient (Wildman–Crippen LogP) is 1.16. The second kappa shape index (κ2) is 4.06. The van der Waals surface area contributed by atoms with Gasteiger partial charge in [0.05, 0.1) is 0 Å². The Labute approximate surface area is 94.4 Å². The van der Waals surface area contributed by atoms with Gasteiger partial charge in [-0.2, -0.15) is 0 Å². The molecule has 0 unspecified atom stereocenters. The van der Waals surface area contributed by atoms with Gasteiger partial charge in [0.1, 0.15) is 5.82 Å². The minimum Gasteiger partial charge on any atom is -0.331 e. The molecule has 1 saturated heterocycles. The van der Waals surface area contributed by atoms with Crippen LogP contribution >= 0.6 is 0 Å². The summed E-state index contributed by atoms with van der Waals surface area (Å²) in [4.78, 5) is 8.53. The van der Waals surface area contributed by atoms with Crippen molar-refractivity contribution in [3.63, 3.8) is 0 Å². The summed E-state index contributed by atoms with van der Waals surface area (Å²) in [5.74, 6) is 1.75. The van der Waals surface area contributed by atoms with Gasteiger partial charge in [0.25, 0.3) is 0 Å². The lowest BCUT2D eigenvalue weighted by molar-refractivity contribution is 0.308. The van der Waals surface area contributed by atoms with E-state index in [9.17, 15) is 0 Å². The average molecular weight is 214 g/mol. The molecule has 3 heterocycles. The van der Waals surface area contributed by atoms with Gasteiger partial charge in [0, 0.05) is 55.9 Å². The maximum Gasteiger partial charge on any atom is 0.141 e. The fraction of sp³-hybridized carbons (Fsp3) is 0.333. The zero-order valence-electron chi connectivity index (χ0n) is 9.00. The van der Waals surface area contributed by atoms with Crippen LogP contribution in [0.1, 0.15) is 0 Å². The number of hydrogen-bond acceptors (Lipinski definition) is 3. The number of nitrogens with one attached hydrogen (secondary N) is 1. The highest BCUT2D eigenvalue weighted by Crippen LogP contribution is 2.18. The van der Waals surface area contributed by atoms with Crippen molar-refractivity contribution < 1.29 is 0 Å². The molecule has 2 aromatic rings. The Kier molecular flexibility index (Phi) is 2.42. The van der Waals surface area contributed by atoms with Gasteiger partial charge in [0.2, 0.25) is 0 Å². The van der Waals surface area contributed by atoms with E-state index in [1.807, 2.05) is 30.7 Å². The highest BCUT2D eigenvalue weighted by molar-refractivity contribution is 5.53. The van der Waals surface area contributed by atoms with Crippen LogP contribution in [-0.2, 0) is 6.54 Å². The first-order valence-electron chi connectivity index (χ1n) is 5.56. The molecule has 0 spiro atoms. The van der Waals surface area contributed by atoms with E-state index < -0.39 is 0 Å². The summed E-state index contributed by atoms with van der Waals surface area (Å²) >= 11 is 0. The van der Waals surface area contributed by atoms with Crippen molar-refractivity contribution in [2.24, 2.45) is 5.92 Å². The first-order valence-corrected chi connectivity index (χ1v) is 5.56. The van der Waals surface area contributed by atoms with Gasteiger partial charge in [0.15, 0.2) is 0 Å². The fourth-order valence-corrected chi connectivity index (χ4v) is 1.97. The number of pyridine rings is 1. The molecule has 0 bridgehead atoms. The van der Waals surface area contributed by atoms with E-state index in [1.165, 1.54) is 0 Å². The Balaban J connectivity index is 1.87. The molecule has 4 heteroatoms. The van der Waals surface area contributed by atoms with Gasteiger partial charge < -0.3 is 9.88 Å². The average Bonchev–Trinajstić information content (AvgIpc) is 2.73. The van der Waals surface area contributed by atoms with Gasteiger partial charge in [-0.05, 0) is 12.1 Å². The van der Waals surface area contributed by atoms with E-state index in [1.54, 1.807) is 6.20 Å². The summed E-state index contributed by atoms with van der Waals surface area (Å²) in [5, 5.41) is 3.29. The lowest BCUT2D eigenvalue weighted by Crippen LogP contribution is -2.44. The molecule has 16 heavy (non-hydrogen) atoms. The molecule has 1 N–H and O–H groups in total. The van der Waals surface area contributed by atoms with Gasteiger partial charge in [-0.3, -0.25) is 4.98 Å². The van der Waals surface area contributed by atoms with Crippen LogP contribution in [0.15, 0.2) is 36.9 Å². The molecule has 1 fully saturated rings. The molecule has 0 atom stereocenters. The lowest BCUT2D eigenvalue weighted by atomic mass is 10.0. The van der Waals surface area contributed by atoms with Crippen LogP contribution in [0.25, 0.3) is 11.4 Å². The first-order chi connectivity index (χ1) is 7.93. The molecular formula is C12H14N4. The predicted molar refractivity (Wildman–Crippen MR) is 61.8 cm³/mol. The minimum absolute atomic E-state index is 0.740. The van der Waals surface area contributed by atoms with Crippen molar-refractivity contribution in [1.82, 2.24) is 19.9 Å². The lowest BCUT2D eigenvalue weighted by Gasteiger charge is -2.27. The normalized spacial score (nSPS) is 16.0. The summed E-state index contributed by atoms with van der Waals surface area (Å²) in [7, 11) is 0. The molecular weight excluding hydrogens is 200 g/mol. The zero-order valence-corrected chi connectivity index (χ0v) is 9.00. The molecule has 0 radical (unpaired) electrons. The molecule has 4 nitrogen and oxygen atoms in total. The molecule has 0 saturated carbocycles. The van der Waals surface area contributed by atoms with Crippen LogP contribution in [0.5, 0.6) is 0 Å². The van der Waals surface area contributed by atoms with Crippen LogP contribution in [0.3, 0.4) is 0 Å². The highest BCUT2D eigenvalue weighted by Gasteiger charge is 2.18. The Morgan fingerprint density at radius 1 is 1.38 bits per heavy atom. The Morgan fingerprint density at radius 2 is 2.31 bits per heavy atom. The largest absolute Gasteiger partial charge is 0.331 e. The van der Waals surface area contributed by atoms with E-state index in [0.29, 0.717) is 0 Å². The van der Waals surface area contributed by atoms with E-state index >= 15 is 0 Å². The molecule has 3 rings (SSSR count). The van der Waals surface area contributed by atoms with Crippen molar-refractivity contribution in [3.05, 3.63) is 36.9 Å². The van der Waals surface area contributed by atoms with Crippen LogP contribution < -0.4 is 5.32 Å². The van der Waals surface area contributed by atoms with Crippen LogP contribution in [0.2, 0.25) is 0 Å². The third kappa shape index (κ3) is 1.72. The van der Waals surface area contributed by atoms with Crippen molar-refractivity contribution >= 4 is 0 Å². The second-order valence-electron chi connectivity index (χ2n) is 4.17. The molecule has 2 aromatic heterocycles.